The van der Waals surface area contributed by atoms with Crippen LogP contribution >= 0.6 is 11.6 Å². The van der Waals surface area contributed by atoms with Gasteiger partial charge in [-0.3, -0.25) is 4.79 Å². The van der Waals surface area contributed by atoms with E-state index in [4.69, 9.17) is 11.6 Å². The van der Waals surface area contributed by atoms with Crippen molar-refractivity contribution in [1.82, 2.24) is 4.90 Å². The number of hydrogen-bond donors (Lipinski definition) is 0. The fourth-order valence-corrected chi connectivity index (χ4v) is 1.80. The number of nitrogens with zero attached hydrogens (tertiary/aromatic N) is 1. The molecule has 1 saturated heterocycles. The number of rotatable bonds is 1. The molecule has 0 bridgehead atoms. The van der Waals surface area contributed by atoms with Gasteiger partial charge in [-0.15, -0.1) is 11.6 Å². The molecular weight excluding hydrogens is 219 g/mol. The van der Waals surface area contributed by atoms with Crippen molar-refractivity contribution in [2.24, 2.45) is 0 Å². The first-order chi connectivity index (χ1) is 6.46. The van der Waals surface area contributed by atoms with Crippen LogP contribution in [0.25, 0.3) is 0 Å². The Bertz CT molecular complexity index is 219. The van der Waals surface area contributed by atoms with Crippen molar-refractivity contribution in [1.29, 1.82) is 0 Å². The quantitative estimate of drug-likeness (QED) is 0.631. The molecule has 1 heterocycles. The predicted molar refractivity (Wildman–Crippen MR) is 46.1 cm³/mol. The van der Waals surface area contributed by atoms with E-state index in [-0.39, 0.29) is 18.8 Å². The van der Waals surface area contributed by atoms with Crippen molar-refractivity contribution in [3.63, 3.8) is 0 Å². The molecule has 6 heteroatoms. The van der Waals surface area contributed by atoms with Gasteiger partial charge in [-0.25, -0.2) is 0 Å². The van der Waals surface area contributed by atoms with E-state index >= 15 is 0 Å². The average molecular weight is 230 g/mol. The van der Waals surface area contributed by atoms with Crippen LogP contribution in [0.3, 0.4) is 0 Å². The number of hydrogen-bond acceptors (Lipinski definition) is 1. The summed E-state index contributed by atoms with van der Waals surface area (Å²) in [6.07, 6.45) is -3.21. The number of halogens is 4. The molecule has 1 aliphatic rings. The van der Waals surface area contributed by atoms with E-state index in [2.05, 4.69) is 0 Å². The maximum absolute atomic E-state index is 12.5. The van der Waals surface area contributed by atoms with Crippen LogP contribution in [0, 0.1) is 0 Å². The highest BCUT2D eigenvalue weighted by molar-refractivity contribution is 6.27. The highest BCUT2D eigenvalue weighted by Crippen LogP contribution is 2.31. The first-order valence-electron chi connectivity index (χ1n) is 4.39. The lowest BCUT2D eigenvalue weighted by atomic mass is 10.0. The monoisotopic (exact) mass is 229 g/mol. The Morgan fingerprint density at radius 1 is 1.43 bits per heavy atom. The molecule has 0 aromatic carbocycles. The van der Waals surface area contributed by atoms with Crippen LogP contribution in [0.5, 0.6) is 0 Å². The van der Waals surface area contributed by atoms with Gasteiger partial charge in [-0.05, 0) is 19.3 Å². The summed E-state index contributed by atoms with van der Waals surface area (Å²) in [6, 6.07) is -1.64. The van der Waals surface area contributed by atoms with Gasteiger partial charge in [0.2, 0.25) is 5.91 Å². The van der Waals surface area contributed by atoms with Gasteiger partial charge in [-0.1, -0.05) is 0 Å². The topological polar surface area (TPSA) is 20.3 Å². The molecule has 1 atom stereocenters. The second-order valence-electron chi connectivity index (χ2n) is 3.27. The molecule has 0 spiro atoms. The Labute approximate surface area is 85.0 Å². The van der Waals surface area contributed by atoms with Crippen molar-refractivity contribution in [3.8, 4) is 0 Å². The van der Waals surface area contributed by atoms with E-state index in [1.165, 1.54) is 0 Å². The minimum absolute atomic E-state index is 0.00781. The number of carbonyl (C=O) groups excluding carboxylic acids is 1. The first kappa shape index (κ1) is 11.6. The largest absolute Gasteiger partial charge is 0.408 e. The number of likely N-dealkylation sites (tertiary alicyclic amines) is 1. The Morgan fingerprint density at radius 2 is 2.07 bits per heavy atom. The highest BCUT2D eigenvalue weighted by Gasteiger charge is 2.45. The zero-order valence-corrected chi connectivity index (χ0v) is 8.24. The molecule has 1 fully saturated rings. The normalized spacial score (nSPS) is 23.7. The van der Waals surface area contributed by atoms with Crippen molar-refractivity contribution in [3.05, 3.63) is 0 Å². The van der Waals surface area contributed by atoms with E-state index in [0.717, 1.165) is 4.90 Å². The number of piperidine rings is 1. The number of alkyl halides is 4. The molecule has 1 rings (SSSR count). The Hall–Kier alpha value is -0.450. The Balaban J connectivity index is 2.74. The predicted octanol–water partition coefficient (Wildman–Crippen LogP) is 2.17. The molecule has 0 aromatic heterocycles. The van der Waals surface area contributed by atoms with Gasteiger partial charge in [0.15, 0.2) is 0 Å². The van der Waals surface area contributed by atoms with E-state index in [1.54, 1.807) is 0 Å². The molecular formula is C8H11ClF3NO. The summed E-state index contributed by atoms with van der Waals surface area (Å²) < 4.78 is 37.4. The molecule has 0 aromatic rings. The van der Waals surface area contributed by atoms with Gasteiger partial charge in [0.25, 0.3) is 0 Å². The van der Waals surface area contributed by atoms with Gasteiger partial charge in [0, 0.05) is 6.54 Å². The number of carbonyl (C=O) groups is 1. The summed E-state index contributed by atoms with van der Waals surface area (Å²) in [4.78, 5) is 12.0. The summed E-state index contributed by atoms with van der Waals surface area (Å²) in [5, 5.41) is 0. The molecule has 2 nitrogen and oxygen atoms in total. The van der Waals surface area contributed by atoms with E-state index < -0.39 is 18.1 Å². The van der Waals surface area contributed by atoms with Crippen LogP contribution in [0.2, 0.25) is 0 Å². The summed E-state index contributed by atoms with van der Waals surface area (Å²) in [5.41, 5.74) is 0. The van der Waals surface area contributed by atoms with Crippen LogP contribution in [0.15, 0.2) is 0 Å². The van der Waals surface area contributed by atoms with Gasteiger partial charge < -0.3 is 4.90 Å². The van der Waals surface area contributed by atoms with Gasteiger partial charge >= 0.3 is 6.18 Å². The third kappa shape index (κ3) is 2.53. The second kappa shape index (κ2) is 4.38. The van der Waals surface area contributed by atoms with Crippen LogP contribution in [-0.2, 0) is 4.79 Å². The molecule has 0 aliphatic carbocycles. The average Bonchev–Trinajstić information content (AvgIpc) is 2.15. The van der Waals surface area contributed by atoms with Crippen LogP contribution in [0.4, 0.5) is 13.2 Å². The van der Waals surface area contributed by atoms with Crippen molar-refractivity contribution >= 4 is 17.5 Å². The molecule has 1 aliphatic heterocycles. The minimum atomic E-state index is -4.33. The molecule has 82 valence electrons. The maximum atomic E-state index is 12.5. The second-order valence-corrected chi connectivity index (χ2v) is 3.54. The summed E-state index contributed by atoms with van der Waals surface area (Å²) in [7, 11) is 0. The molecule has 0 N–H and O–H groups in total. The minimum Gasteiger partial charge on any atom is -0.330 e. The molecule has 1 amide bonds. The SMILES string of the molecule is O=C(CCl)N1CCCC[C@@H]1C(F)(F)F. The lowest BCUT2D eigenvalue weighted by Crippen LogP contribution is -2.51. The third-order valence-electron chi connectivity index (χ3n) is 2.32. The maximum Gasteiger partial charge on any atom is 0.408 e. The Kier molecular flexibility index (Phi) is 3.64. The van der Waals surface area contributed by atoms with Crippen molar-refractivity contribution < 1.29 is 18.0 Å². The molecule has 0 saturated carbocycles. The van der Waals surface area contributed by atoms with Crippen molar-refractivity contribution in [2.75, 3.05) is 12.4 Å². The fourth-order valence-electron chi connectivity index (χ4n) is 1.65. The summed E-state index contributed by atoms with van der Waals surface area (Å²) in [5.74, 6) is -1.01. The van der Waals surface area contributed by atoms with Gasteiger partial charge in [-0.2, -0.15) is 13.2 Å². The summed E-state index contributed by atoms with van der Waals surface area (Å²) >= 11 is 5.24. The standard InChI is InChI=1S/C8H11ClF3NO/c9-5-7(14)13-4-2-1-3-6(13)8(10,11)12/h6H,1-5H2/t6-/m1/s1. The highest BCUT2D eigenvalue weighted by atomic mass is 35.5. The zero-order valence-electron chi connectivity index (χ0n) is 7.48. The van der Waals surface area contributed by atoms with Crippen molar-refractivity contribution in [2.45, 2.75) is 31.5 Å². The Morgan fingerprint density at radius 3 is 2.57 bits per heavy atom. The first-order valence-corrected chi connectivity index (χ1v) is 4.92. The molecule has 0 unspecified atom stereocenters. The van der Waals surface area contributed by atoms with Crippen LogP contribution in [0.1, 0.15) is 19.3 Å². The van der Waals surface area contributed by atoms with Gasteiger partial charge in [0.05, 0.1) is 0 Å². The van der Waals surface area contributed by atoms with E-state index in [0.29, 0.717) is 12.8 Å². The van der Waals surface area contributed by atoms with Crippen LogP contribution in [-0.4, -0.2) is 35.4 Å². The van der Waals surface area contributed by atoms with E-state index in [1.807, 2.05) is 0 Å². The molecule has 14 heavy (non-hydrogen) atoms. The van der Waals surface area contributed by atoms with E-state index in [9.17, 15) is 18.0 Å². The zero-order chi connectivity index (χ0) is 10.8. The van der Waals surface area contributed by atoms with Crippen LogP contribution < -0.4 is 0 Å². The number of amides is 1. The fraction of sp³-hybridized carbons (Fsp3) is 0.875. The lowest BCUT2D eigenvalue weighted by molar-refractivity contribution is -0.194. The molecule has 0 radical (unpaired) electrons. The van der Waals surface area contributed by atoms with Gasteiger partial charge in [0.1, 0.15) is 11.9 Å². The smallest absolute Gasteiger partial charge is 0.330 e. The third-order valence-corrected chi connectivity index (χ3v) is 2.54. The lowest BCUT2D eigenvalue weighted by Gasteiger charge is -2.36. The summed E-state index contributed by atoms with van der Waals surface area (Å²) in [6.45, 7) is 0.162.